The fraction of sp³-hybridized carbons (Fsp3) is 0.391. The molecule has 2 atom stereocenters. The normalized spacial score (nSPS) is 12.9. The topological polar surface area (TPSA) is 90.7 Å². The van der Waals surface area contributed by atoms with E-state index >= 15 is 0 Å². The van der Waals surface area contributed by atoms with Crippen LogP contribution >= 0.6 is 0 Å². The van der Waals surface area contributed by atoms with E-state index in [4.69, 9.17) is 15.2 Å². The van der Waals surface area contributed by atoms with Gasteiger partial charge in [-0.05, 0) is 42.0 Å². The Morgan fingerprint density at radius 1 is 1.00 bits per heavy atom. The maximum absolute atomic E-state index is 12.4. The zero-order chi connectivity index (χ0) is 21.2. The van der Waals surface area contributed by atoms with Crippen molar-refractivity contribution >= 4 is 11.9 Å². The lowest BCUT2D eigenvalue weighted by Crippen LogP contribution is -2.49. The highest BCUT2D eigenvalue weighted by molar-refractivity contribution is 5.87. The summed E-state index contributed by atoms with van der Waals surface area (Å²) in [5, 5.41) is 2.71. The van der Waals surface area contributed by atoms with Crippen molar-refractivity contribution in [3.63, 3.8) is 0 Å². The highest BCUT2D eigenvalue weighted by atomic mass is 16.5. The molecule has 0 spiro atoms. The van der Waals surface area contributed by atoms with Gasteiger partial charge in [-0.15, -0.1) is 0 Å². The third-order valence-corrected chi connectivity index (χ3v) is 4.47. The Hall–Kier alpha value is -2.86. The van der Waals surface area contributed by atoms with E-state index in [1.165, 1.54) is 7.11 Å². The summed E-state index contributed by atoms with van der Waals surface area (Å²) in [5.41, 5.74) is 8.06. The summed E-state index contributed by atoms with van der Waals surface area (Å²) in [6, 6.07) is 16.0. The van der Waals surface area contributed by atoms with Gasteiger partial charge in [0.1, 0.15) is 18.4 Å². The highest BCUT2D eigenvalue weighted by Gasteiger charge is 2.25. The van der Waals surface area contributed by atoms with Gasteiger partial charge in [0.25, 0.3) is 0 Å². The summed E-state index contributed by atoms with van der Waals surface area (Å²) in [4.78, 5) is 24.3. The molecule has 6 heteroatoms. The standard InChI is InChI=1S/C23H30N2O4/c1-16(2)13-21(23(27)28-3)25-22(26)20(24)14-17-9-11-19(12-10-17)29-15-18-7-5-4-6-8-18/h4-12,16,20-21H,13-15,24H2,1-3H3,(H,25,26)/t20-,21-/m1/s1. The molecule has 2 rings (SSSR count). The SMILES string of the molecule is COC(=O)[C@@H](CC(C)C)NC(=O)[C@H](N)Cc1ccc(OCc2ccccc2)cc1. The number of rotatable bonds is 10. The zero-order valence-corrected chi connectivity index (χ0v) is 17.3. The van der Waals surface area contributed by atoms with Crippen molar-refractivity contribution < 1.29 is 19.1 Å². The minimum absolute atomic E-state index is 0.235. The van der Waals surface area contributed by atoms with Crippen LogP contribution in [0.15, 0.2) is 54.6 Å². The van der Waals surface area contributed by atoms with Crippen LogP contribution in [0.25, 0.3) is 0 Å². The first kappa shape index (κ1) is 22.4. The molecule has 29 heavy (non-hydrogen) atoms. The van der Waals surface area contributed by atoms with E-state index in [-0.39, 0.29) is 11.8 Å². The molecule has 0 heterocycles. The van der Waals surface area contributed by atoms with Gasteiger partial charge in [0.2, 0.25) is 5.91 Å². The van der Waals surface area contributed by atoms with Crippen LogP contribution in [0.2, 0.25) is 0 Å². The van der Waals surface area contributed by atoms with E-state index in [1.807, 2.05) is 68.4 Å². The van der Waals surface area contributed by atoms with Gasteiger partial charge in [-0.3, -0.25) is 4.79 Å². The Morgan fingerprint density at radius 3 is 2.24 bits per heavy atom. The molecule has 0 saturated heterocycles. The van der Waals surface area contributed by atoms with Gasteiger partial charge in [0.15, 0.2) is 0 Å². The molecule has 2 aromatic carbocycles. The highest BCUT2D eigenvalue weighted by Crippen LogP contribution is 2.15. The van der Waals surface area contributed by atoms with Gasteiger partial charge < -0.3 is 20.5 Å². The monoisotopic (exact) mass is 398 g/mol. The quantitative estimate of drug-likeness (QED) is 0.601. The first-order valence-corrected chi connectivity index (χ1v) is 9.78. The van der Waals surface area contributed by atoms with Crippen LogP contribution in [-0.2, 0) is 27.4 Å². The molecule has 0 bridgehead atoms. The minimum atomic E-state index is -0.759. The van der Waals surface area contributed by atoms with Crippen LogP contribution in [0.5, 0.6) is 5.75 Å². The molecule has 0 saturated carbocycles. The number of methoxy groups -OCH3 is 1. The minimum Gasteiger partial charge on any atom is -0.489 e. The molecule has 0 aliphatic carbocycles. The molecular formula is C23H30N2O4. The Balaban J connectivity index is 1.87. The number of carbonyl (C=O) groups excluding carboxylic acids is 2. The molecule has 6 nitrogen and oxygen atoms in total. The molecular weight excluding hydrogens is 368 g/mol. The van der Waals surface area contributed by atoms with Crippen molar-refractivity contribution in [2.24, 2.45) is 11.7 Å². The summed E-state index contributed by atoms with van der Waals surface area (Å²) in [6.45, 7) is 4.44. The predicted octanol–water partition coefficient (Wildman–Crippen LogP) is 2.84. The predicted molar refractivity (Wildman–Crippen MR) is 112 cm³/mol. The molecule has 0 fully saturated rings. The van der Waals surface area contributed by atoms with Gasteiger partial charge in [0, 0.05) is 0 Å². The van der Waals surface area contributed by atoms with Gasteiger partial charge in [-0.25, -0.2) is 4.79 Å². The summed E-state index contributed by atoms with van der Waals surface area (Å²) in [6.07, 6.45) is 0.860. The number of amides is 1. The van der Waals surface area contributed by atoms with Crippen LogP contribution in [0.3, 0.4) is 0 Å². The van der Waals surface area contributed by atoms with Gasteiger partial charge in [0.05, 0.1) is 13.2 Å². The molecule has 0 aliphatic heterocycles. The number of carbonyl (C=O) groups is 2. The number of nitrogens with two attached hydrogens (primary N) is 1. The fourth-order valence-corrected chi connectivity index (χ4v) is 2.92. The van der Waals surface area contributed by atoms with Crippen molar-refractivity contribution in [2.45, 2.75) is 45.4 Å². The molecule has 3 N–H and O–H groups in total. The first-order valence-electron chi connectivity index (χ1n) is 9.78. The second-order valence-corrected chi connectivity index (χ2v) is 7.44. The lowest BCUT2D eigenvalue weighted by Gasteiger charge is -2.20. The lowest BCUT2D eigenvalue weighted by molar-refractivity contribution is -0.145. The number of hydrogen-bond donors (Lipinski definition) is 2. The summed E-state index contributed by atoms with van der Waals surface area (Å²) in [7, 11) is 1.31. The van der Waals surface area contributed by atoms with E-state index in [0.29, 0.717) is 19.4 Å². The number of ether oxygens (including phenoxy) is 2. The van der Waals surface area contributed by atoms with Crippen LogP contribution in [0.4, 0.5) is 0 Å². The molecule has 0 unspecified atom stereocenters. The lowest BCUT2D eigenvalue weighted by atomic mass is 10.0. The average molecular weight is 399 g/mol. The van der Waals surface area contributed by atoms with Crippen molar-refractivity contribution in [2.75, 3.05) is 7.11 Å². The van der Waals surface area contributed by atoms with Gasteiger partial charge >= 0.3 is 5.97 Å². The third-order valence-electron chi connectivity index (χ3n) is 4.47. The smallest absolute Gasteiger partial charge is 0.328 e. The fourth-order valence-electron chi connectivity index (χ4n) is 2.92. The molecule has 156 valence electrons. The van der Waals surface area contributed by atoms with Gasteiger partial charge in [-0.1, -0.05) is 56.3 Å². The van der Waals surface area contributed by atoms with E-state index in [0.717, 1.165) is 16.9 Å². The molecule has 0 aromatic heterocycles. The number of hydrogen-bond acceptors (Lipinski definition) is 5. The molecule has 2 aromatic rings. The van der Waals surface area contributed by atoms with Crippen molar-refractivity contribution in [3.8, 4) is 5.75 Å². The van der Waals surface area contributed by atoms with Crippen LogP contribution in [-0.4, -0.2) is 31.1 Å². The molecule has 0 radical (unpaired) electrons. The number of nitrogens with one attached hydrogen (secondary N) is 1. The third kappa shape index (κ3) is 7.58. The molecule has 0 aliphatic rings. The zero-order valence-electron chi connectivity index (χ0n) is 17.3. The molecule has 1 amide bonds. The average Bonchev–Trinajstić information content (AvgIpc) is 2.72. The van der Waals surface area contributed by atoms with Crippen LogP contribution in [0, 0.1) is 5.92 Å². The van der Waals surface area contributed by atoms with E-state index in [2.05, 4.69) is 5.32 Å². The second kappa shape index (κ2) is 11.2. The van der Waals surface area contributed by atoms with Crippen LogP contribution in [0.1, 0.15) is 31.4 Å². The van der Waals surface area contributed by atoms with Crippen molar-refractivity contribution in [1.29, 1.82) is 0 Å². The first-order chi connectivity index (χ1) is 13.9. The summed E-state index contributed by atoms with van der Waals surface area (Å²) >= 11 is 0. The Morgan fingerprint density at radius 2 is 1.66 bits per heavy atom. The van der Waals surface area contributed by atoms with E-state index < -0.39 is 18.1 Å². The Labute approximate surface area is 172 Å². The van der Waals surface area contributed by atoms with Crippen molar-refractivity contribution in [1.82, 2.24) is 5.32 Å². The maximum atomic E-state index is 12.4. The van der Waals surface area contributed by atoms with Crippen molar-refractivity contribution in [3.05, 3.63) is 65.7 Å². The number of esters is 1. The van der Waals surface area contributed by atoms with Gasteiger partial charge in [-0.2, -0.15) is 0 Å². The summed E-state index contributed by atoms with van der Waals surface area (Å²) < 4.78 is 10.5. The second-order valence-electron chi connectivity index (χ2n) is 7.44. The number of benzene rings is 2. The van der Waals surface area contributed by atoms with E-state index in [1.54, 1.807) is 0 Å². The summed E-state index contributed by atoms with van der Waals surface area (Å²) in [5.74, 6) is 0.155. The Kier molecular flexibility index (Phi) is 8.68. The Bertz CT molecular complexity index is 775. The van der Waals surface area contributed by atoms with Crippen LogP contribution < -0.4 is 15.8 Å². The maximum Gasteiger partial charge on any atom is 0.328 e. The largest absolute Gasteiger partial charge is 0.489 e. The van der Waals surface area contributed by atoms with E-state index in [9.17, 15) is 9.59 Å².